The molecule has 2 N–H and O–H groups in total. The summed E-state index contributed by atoms with van der Waals surface area (Å²) in [6.45, 7) is 0.720. The molecule has 0 saturated carbocycles. The van der Waals surface area contributed by atoms with Gasteiger partial charge in [-0.2, -0.15) is 0 Å². The minimum atomic E-state index is -0.967. The summed E-state index contributed by atoms with van der Waals surface area (Å²) < 4.78 is 5.13. The van der Waals surface area contributed by atoms with Crippen molar-refractivity contribution < 1.29 is 19.1 Å². The maximum atomic E-state index is 11.9. The van der Waals surface area contributed by atoms with Crippen LogP contribution in [0.4, 0.5) is 4.79 Å². The zero-order valence-electron chi connectivity index (χ0n) is 11.6. The fourth-order valence-electron chi connectivity index (χ4n) is 1.81. The first-order chi connectivity index (χ1) is 10.1. The van der Waals surface area contributed by atoms with Gasteiger partial charge in [0.2, 0.25) is 0 Å². The summed E-state index contributed by atoms with van der Waals surface area (Å²) in [6, 6.07) is 9.74. The molecule has 6 heteroatoms. The molecule has 0 spiro atoms. The van der Waals surface area contributed by atoms with Gasteiger partial charge in [-0.25, -0.2) is 9.59 Å². The number of carbonyl (C=O) groups excluding carboxylic acids is 1. The quantitative estimate of drug-likeness (QED) is 0.884. The van der Waals surface area contributed by atoms with E-state index in [4.69, 9.17) is 9.52 Å². The van der Waals surface area contributed by atoms with Crippen LogP contribution in [-0.4, -0.2) is 29.1 Å². The second-order valence-electron chi connectivity index (χ2n) is 4.60. The number of furan rings is 1. The SMILES string of the molecule is CN(Cc1ccc(C(=O)O)cc1)C(=O)NCc1ccco1. The van der Waals surface area contributed by atoms with Gasteiger partial charge < -0.3 is 19.7 Å². The number of nitrogens with zero attached hydrogens (tertiary/aromatic N) is 1. The Kier molecular flexibility index (Phi) is 4.61. The normalized spacial score (nSPS) is 10.1. The number of hydrogen-bond acceptors (Lipinski definition) is 3. The van der Waals surface area contributed by atoms with Crippen molar-refractivity contribution in [3.8, 4) is 0 Å². The first-order valence-electron chi connectivity index (χ1n) is 6.40. The van der Waals surface area contributed by atoms with Crippen molar-refractivity contribution in [2.24, 2.45) is 0 Å². The second-order valence-corrected chi connectivity index (χ2v) is 4.60. The third-order valence-electron chi connectivity index (χ3n) is 2.96. The van der Waals surface area contributed by atoms with Gasteiger partial charge in [0.05, 0.1) is 18.4 Å². The maximum absolute atomic E-state index is 11.9. The summed E-state index contributed by atoms with van der Waals surface area (Å²) in [7, 11) is 1.67. The minimum absolute atomic E-state index is 0.226. The molecule has 0 bridgehead atoms. The van der Waals surface area contributed by atoms with E-state index < -0.39 is 5.97 Å². The van der Waals surface area contributed by atoms with E-state index in [1.807, 2.05) is 0 Å². The van der Waals surface area contributed by atoms with Crippen LogP contribution < -0.4 is 5.32 Å². The highest BCUT2D eigenvalue weighted by Gasteiger charge is 2.10. The van der Waals surface area contributed by atoms with E-state index in [0.29, 0.717) is 18.8 Å². The van der Waals surface area contributed by atoms with E-state index in [9.17, 15) is 9.59 Å². The zero-order valence-corrected chi connectivity index (χ0v) is 11.6. The number of rotatable bonds is 5. The Balaban J connectivity index is 1.86. The molecule has 6 nitrogen and oxygen atoms in total. The Morgan fingerprint density at radius 3 is 2.52 bits per heavy atom. The number of carboxylic acid groups (broad SMARTS) is 1. The Hall–Kier alpha value is -2.76. The lowest BCUT2D eigenvalue weighted by Crippen LogP contribution is -2.36. The summed E-state index contributed by atoms with van der Waals surface area (Å²) in [5.74, 6) is -0.284. The molecule has 0 unspecified atom stereocenters. The lowest BCUT2D eigenvalue weighted by Gasteiger charge is -2.17. The summed E-state index contributed by atoms with van der Waals surface area (Å²) in [5, 5.41) is 11.6. The largest absolute Gasteiger partial charge is 0.478 e. The average Bonchev–Trinajstić information content (AvgIpc) is 2.98. The number of carboxylic acids is 1. The monoisotopic (exact) mass is 288 g/mol. The Bertz CT molecular complexity index is 605. The highest BCUT2D eigenvalue weighted by atomic mass is 16.4. The van der Waals surface area contributed by atoms with Crippen molar-refractivity contribution in [1.29, 1.82) is 0 Å². The minimum Gasteiger partial charge on any atom is -0.478 e. The van der Waals surface area contributed by atoms with Crippen molar-refractivity contribution in [3.05, 3.63) is 59.5 Å². The van der Waals surface area contributed by atoms with E-state index in [1.54, 1.807) is 37.6 Å². The molecule has 0 aliphatic rings. The molecule has 0 saturated heterocycles. The number of nitrogens with one attached hydrogen (secondary N) is 1. The van der Waals surface area contributed by atoms with Gasteiger partial charge in [0.25, 0.3) is 0 Å². The van der Waals surface area contributed by atoms with Crippen molar-refractivity contribution in [2.45, 2.75) is 13.1 Å². The molecule has 0 radical (unpaired) electrons. The van der Waals surface area contributed by atoms with Gasteiger partial charge in [0, 0.05) is 13.6 Å². The zero-order chi connectivity index (χ0) is 15.2. The fraction of sp³-hybridized carbons (Fsp3) is 0.200. The van der Waals surface area contributed by atoms with Gasteiger partial charge in [-0.15, -0.1) is 0 Å². The van der Waals surface area contributed by atoms with Crippen molar-refractivity contribution in [1.82, 2.24) is 10.2 Å². The van der Waals surface area contributed by atoms with Crippen LogP contribution in [0.2, 0.25) is 0 Å². The van der Waals surface area contributed by atoms with Crippen molar-refractivity contribution in [3.63, 3.8) is 0 Å². The van der Waals surface area contributed by atoms with Gasteiger partial charge in [-0.3, -0.25) is 0 Å². The molecule has 2 rings (SSSR count). The molecule has 2 amide bonds. The van der Waals surface area contributed by atoms with E-state index >= 15 is 0 Å². The molecule has 1 aromatic heterocycles. The highest BCUT2D eigenvalue weighted by molar-refractivity contribution is 5.87. The van der Waals surface area contributed by atoms with Gasteiger partial charge >= 0.3 is 12.0 Å². The van der Waals surface area contributed by atoms with Crippen LogP contribution in [-0.2, 0) is 13.1 Å². The number of benzene rings is 1. The molecule has 2 aromatic rings. The lowest BCUT2D eigenvalue weighted by molar-refractivity contribution is 0.0697. The van der Waals surface area contributed by atoms with Gasteiger partial charge in [0.15, 0.2) is 0 Å². The highest BCUT2D eigenvalue weighted by Crippen LogP contribution is 2.07. The molecular weight excluding hydrogens is 272 g/mol. The molecule has 0 aliphatic carbocycles. The van der Waals surface area contributed by atoms with E-state index in [1.165, 1.54) is 17.0 Å². The first kappa shape index (κ1) is 14.6. The molecule has 1 aromatic carbocycles. The van der Waals surface area contributed by atoms with Crippen molar-refractivity contribution in [2.75, 3.05) is 7.05 Å². The summed E-state index contributed by atoms with van der Waals surface area (Å²) in [5.41, 5.74) is 1.08. The fourth-order valence-corrected chi connectivity index (χ4v) is 1.81. The predicted molar refractivity (Wildman–Crippen MR) is 75.8 cm³/mol. The topological polar surface area (TPSA) is 82.8 Å². The summed E-state index contributed by atoms with van der Waals surface area (Å²) in [6.07, 6.45) is 1.55. The molecule has 0 fully saturated rings. The third kappa shape index (κ3) is 4.10. The summed E-state index contributed by atoms with van der Waals surface area (Å²) >= 11 is 0. The van der Waals surface area contributed by atoms with Crippen LogP contribution in [0.25, 0.3) is 0 Å². The van der Waals surface area contributed by atoms with Crippen LogP contribution >= 0.6 is 0 Å². The Labute approximate surface area is 122 Å². The summed E-state index contributed by atoms with van der Waals surface area (Å²) in [4.78, 5) is 24.2. The molecule has 0 atom stereocenters. The van der Waals surface area contributed by atoms with E-state index in [0.717, 1.165) is 5.56 Å². The number of hydrogen-bond donors (Lipinski definition) is 2. The van der Waals surface area contributed by atoms with Crippen LogP contribution in [0.15, 0.2) is 47.1 Å². The van der Waals surface area contributed by atoms with Gasteiger partial charge in [-0.05, 0) is 29.8 Å². The molecular formula is C15H16N2O4. The molecule has 0 aliphatic heterocycles. The third-order valence-corrected chi connectivity index (χ3v) is 2.96. The number of aromatic carboxylic acids is 1. The number of amides is 2. The second kappa shape index (κ2) is 6.60. The van der Waals surface area contributed by atoms with Crippen molar-refractivity contribution >= 4 is 12.0 Å². The number of urea groups is 1. The Morgan fingerprint density at radius 1 is 1.24 bits per heavy atom. The van der Waals surface area contributed by atoms with Crippen LogP contribution in [0.3, 0.4) is 0 Å². The van der Waals surface area contributed by atoms with Gasteiger partial charge in [0.1, 0.15) is 5.76 Å². The maximum Gasteiger partial charge on any atom is 0.335 e. The smallest absolute Gasteiger partial charge is 0.335 e. The van der Waals surface area contributed by atoms with Crippen LogP contribution in [0.5, 0.6) is 0 Å². The first-order valence-corrected chi connectivity index (χ1v) is 6.40. The lowest BCUT2D eigenvalue weighted by atomic mass is 10.1. The molecule has 21 heavy (non-hydrogen) atoms. The average molecular weight is 288 g/mol. The number of carbonyl (C=O) groups is 2. The van der Waals surface area contributed by atoms with Crippen LogP contribution in [0, 0.1) is 0 Å². The van der Waals surface area contributed by atoms with Gasteiger partial charge in [-0.1, -0.05) is 12.1 Å². The molecule has 110 valence electrons. The van der Waals surface area contributed by atoms with Crippen LogP contribution in [0.1, 0.15) is 21.7 Å². The van der Waals surface area contributed by atoms with E-state index in [2.05, 4.69) is 5.32 Å². The standard InChI is InChI=1S/C15H16N2O4/c1-17(15(20)16-9-13-3-2-8-21-13)10-11-4-6-12(7-5-11)14(18)19/h2-8H,9-10H2,1H3,(H,16,20)(H,18,19). The molecule has 1 heterocycles. The van der Waals surface area contributed by atoms with E-state index in [-0.39, 0.29) is 11.6 Å². The predicted octanol–water partition coefficient (Wildman–Crippen LogP) is 2.32. The Morgan fingerprint density at radius 2 is 1.95 bits per heavy atom.